The SMILES string of the molecule is COc1nc(N(C)C)ncc1-c1cc2c(n1C(C)C)[C@H](c1ccc(Cl)c(F)c1)N(C1=CC(Cl)=CCC1=O)C2=O. The van der Waals surface area contributed by atoms with Crippen molar-refractivity contribution in [1.82, 2.24) is 19.4 Å². The summed E-state index contributed by atoms with van der Waals surface area (Å²) in [5.41, 5.74) is 2.83. The standard InChI is InChI=1S/C28H26Cl2FN5O3/c1-14(2)35-21(18-13-32-28(34(3)4)33-26(18)39-5)12-17-25(35)24(15-6-8-19(30)20(31)10-15)36(27(17)38)22-11-16(29)7-9-23(22)37/h6-8,10-14,24H,9H2,1-5H3/t24-/m0/s1. The Labute approximate surface area is 235 Å². The van der Waals surface area contributed by atoms with Gasteiger partial charge in [0.25, 0.3) is 5.91 Å². The van der Waals surface area contributed by atoms with Crippen molar-refractivity contribution < 1.29 is 18.7 Å². The highest BCUT2D eigenvalue weighted by atomic mass is 35.5. The Hall–Kier alpha value is -3.69. The van der Waals surface area contributed by atoms with Gasteiger partial charge in [-0.25, -0.2) is 9.37 Å². The minimum absolute atomic E-state index is 0.0448. The topological polar surface area (TPSA) is 80.6 Å². The van der Waals surface area contributed by atoms with Crippen molar-refractivity contribution in [1.29, 1.82) is 0 Å². The quantitative estimate of drug-likeness (QED) is 0.366. The van der Waals surface area contributed by atoms with Crippen LogP contribution in [-0.4, -0.2) is 52.3 Å². The van der Waals surface area contributed by atoms with Crippen LogP contribution in [0.2, 0.25) is 5.02 Å². The predicted octanol–water partition coefficient (Wildman–Crippen LogP) is 5.92. The number of Topliss-reactive ketones (excluding diaryl/α,β-unsaturated/α-hetero) is 1. The number of fused-ring (bicyclic) bond motifs is 1. The third-order valence-corrected chi connectivity index (χ3v) is 7.30. The Kier molecular flexibility index (Phi) is 6.99. The molecular formula is C28H26Cl2FN5O3. The average Bonchev–Trinajstić information content (AvgIpc) is 3.41. The molecule has 1 amide bonds. The normalized spacial score (nSPS) is 16.9. The van der Waals surface area contributed by atoms with Crippen molar-refractivity contribution in [2.75, 3.05) is 26.1 Å². The Morgan fingerprint density at radius 2 is 1.90 bits per heavy atom. The molecule has 1 atom stereocenters. The first-order valence-electron chi connectivity index (χ1n) is 12.3. The summed E-state index contributed by atoms with van der Waals surface area (Å²) in [5.74, 6) is -0.485. The number of allylic oxidation sites excluding steroid dienone is 4. The first-order valence-corrected chi connectivity index (χ1v) is 13.0. The average molecular weight is 570 g/mol. The Morgan fingerprint density at radius 1 is 1.15 bits per heavy atom. The molecule has 0 radical (unpaired) electrons. The van der Waals surface area contributed by atoms with Crippen molar-refractivity contribution in [2.45, 2.75) is 32.4 Å². The smallest absolute Gasteiger partial charge is 0.261 e. The number of methoxy groups -OCH3 is 1. The lowest BCUT2D eigenvalue weighted by Crippen LogP contribution is -2.33. The zero-order valence-corrected chi connectivity index (χ0v) is 23.5. The van der Waals surface area contributed by atoms with Crippen molar-refractivity contribution >= 4 is 40.8 Å². The molecular weight excluding hydrogens is 544 g/mol. The molecule has 0 fully saturated rings. The largest absolute Gasteiger partial charge is 0.480 e. The van der Waals surface area contributed by atoms with Crippen molar-refractivity contribution in [3.8, 4) is 17.1 Å². The van der Waals surface area contributed by atoms with Gasteiger partial charge >= 0.3 is 0 Å². The zero-order valence-electron chi connectivity index (χ0n) is 22.0. The van der Waals surface area contributed by atoms with Crippen LogP contribution in [0.3, 0.4) is 0 Å². The Bertz CT molecular complexity index is 1580. The van der Waals surface area contributed by atoms with E-state index in [0.29, 0.717) is 44.9 Å². The zero-order chi connectivity index (χ0) is 28.2. The van der Waals surface area contributed by atoms with Crippen LogP contribution in [0.15, 0.2) is 53.3 Å². The van der Waals surface area contributed by atoms with Crippen LogP contribution in [0, 0.1) is 5.82 Å². The van der Waals surface area contributed by atoms with Crippen LogP contribution in [0.25, 0.3) is 11.3 Å². The number of hydrogen-bond acceptors (Lipinski definition) is 6. The molecule has 0 spiro atoms. The third kappa shape index (κ3) is 4.49. The molecule has 1 aliphatic heterocycles. The van der Waals surface area contributed by atoms with Gasteiger partial charge in [0.1, 0.15) is 11.9 Å². The second-order valence-electron chi connectivity index (χ2n) is 9.78. The van der Waals surface area contributed by atoms with E-state index in [0.717, 1.165) is 0 Å². The molecule has 0 saturated heterocycles. The number of benzene rings is 1. The molecule has 3 heterocycles. The van der Waals surface area contributed by atoms with Crippen LogP contribution < -0.4 is 9.64 Å². The van der Waals surface area contributed by atoms with Gasteiger partial charge in [0.15, 0.2) is 5.78 Å². The van der Waals surface area contributed by atoms with Gasteiger partial charge < -0.3 is 14.2 Å². The van der Waals surface area contributed by atoms with E-state index in [1.165, 1.54) is 30.2 Å². The molecule has 0 saturated carbocycles. The van der Waals surface area contributed by atoms with E-state index in [1.807, 2.05) is 32.5 Å². The minimum Gasteiger partial charge on any atom is -0.480 e. The van der Waals surface area contributed by atoms with Gasteiger partial charge in [0.2, 0.25) is 11.8 Å². The number of anilines is 1. The van der Waals surface area contributed by atoms with Gasteiger partial charge in [-0.1, -0.05) is 35.3 Å². The summed E-state index contributed by atoms with van der Waals surface area (Å²) in [6, 6.07) is 5.18. The lowest BCUT2D eigenvalue weighted by atomic mass is 10.0. The maximum absolute atomic E-state index is 14.8. The number of nitrogens with zero attached hydrogens (tertiary/aromatic N) is 5. The lowest BCUT2D eigenvalue weighted by Gasteiger charge is -2.31. The van der Waals surface area contributed by atoms with E-state index in [2.05, 4.69) is 9.97 Å². The molecule has 0 unspecified atom stereocenters. The number of hydrogen-bond donors (Lipinski definition) is 0. The van der Waals surface area contributed by atoms with E-state index < -0.39 is 17.8 Å². The van der Waals surface area contributed by atoms with Gasteiger partial charge in [0, 0.05) is 37.8 Å². The van der Waals surface area contributed by atoms with Gasteiger partial charge in [-0.05, 0) is 43.7 Å². The summed E-state index contributed by atoms with van der Waals surface area (Å²) in [6.07, 6.45) is 4.78. The molecule has 0 N–H and O–H groups in total. The molecule has 39 heavy (non-hydrogen) atoms. The van der Waals surface area contributed by atoms with Crippen LogP contribution in [0.1, 0.15) is 54.0 Å². The molecule has 2 aromatic heterocycles. The first-order chi connectivity index (χ1) is 18.5. The summed E-state index contributed by atoms with van der Waals surface area (Å²) in [7, 11) is 5.17. The monoisotopic (exact) mass is 569 g/mol. The fourth-order valence-electron chi connectivity index (χ4n) is 5.03. The lowest BCUT2D eigenvalue weighted by molar-refractivity contribution is -0.116. The molecule has 1 aliphatic carbocycles. The summed E-state index contributed by atoms with van der Waals surface area (Å²) in [6.45, 7) is 3.95. The van der Waals surface area contributed by atoms with E-state index in [-0.39, 0.29) is 29.0 Å². The number of halogens is 3. The second kappa shape index (κ2) is 10.1. The minimum atomic E-state index is -0.818. The first kappa shape index (κ1) is 26.9. The molecule has 202 valence electrons. The summed E-state index contributed by atoms with van der Waals surface area (Å²) in [4.78, 5) is 39.2. The number of rotatable bonds is 6. The molecule has 11 heteroatoms. The maximum atomic E-state index is 14.8. The van der Waals surface area contributed by atoms with Gasteiger partial charge in [0.05, 0.1) is 40.3 Å². The summed E-state index contributed by atoms with van der Waals surface area (Å²) >= 11 is 12.3. The molecule has 0 bridgehead atoms. The van der Waals surface area contributed by atoms with E-state index in [1.54, 1.807) is 29.3 Å². The predicted molar refractivity (Wildman–Crippen MR) is 148 cm³/mol. The number of carbonyl (C=O) groups is 2. The van der Waals surface area contributed by atoms with Crippen LogP contribution in [0.4, 0.5) is 10.3 Å². The van der Waals surface area contributed by atoms with Crippen molar-refractivity contribution in [3.63, 3.8) is 0 Å². The molecule has 1 aromatic carbocycles. The second-order valence-corrected chi connectivity index (χ2v) is 10.6. The summed E-state index contributed by atoms with van der Waals surface area (Å²) in [5, 5.41) is 0.307. The Balaban J connectivity index is 1.78. The number of ketones is 1. The molecule has 8 nitrogen and oxygen atoms in total. The highest BCUT2D eigenvalue weighted by Crippen LogP contribution is 2.47. The van der Waals surface area contributed by atoms with Crippen LogP contribution >= 0.6 is 23.2 Å². The molecule has 5 rings (SSSR count). The fourth-order valence-corrected chi connectivity index (χ4v) is 5.33. The van der Waals surface area contributed by atoms with Crippen LogP contribution in [0.5, 0.6) is 5.88 Å². The van der Waals surface area contributed by atoms with Gasteiger partial charge in [-0.2, -0.15) is 4.98 Å². The third-order valence-electron chi connectivity index (χ3n) is 6.73. The number of aromatic nitrogens is 3. The van der Waals surface area contributed by atoms with Crippen molar-refractivity contribution in [2.24, 2.45) is 0 Å². The Morgan fingerprint density at radius 3 is 2.54 bits per heavy atom. The number of carbonyl (C=O) groups excluding carboxylic acids is 2. The van der Waals surface area contributed by atoms with Gasteiger partial charge in [-0.15, -0.1) is 0 Å². The van der Waals surface area contributed by atoms with Crippen LogP contribution in [-0.2, 0) is 4.79 Å². The highest BCUT2D eigenvalue weighted by Gasteiger charge is 2.46. The maximum Gasteiger partial charge on any atom is 0.261 e. The van der Waals surface area contributed by atoms with Gasteiger partial charge in [-0.3, -0.25) is 14.5 Å². The van der Waals surface area contributed by atoms with Crippen molar-refractivity contribution in [3.05, 3.63) is 81.0 Å². The van der Waals surface area contributed by atoms with E-state index in [4.69, 9.17) is 27.9 Å². The fraction of sp³-hybridized carbons (Fsp3) is 0.286. The molecule has 2 aliphatic rings. The summed E-state index contributed by atoms with van der Waals surface area (Å²) < 4.78 is 22.3. The highest BCUT2D eigenvalue weighted by molar-refractivity contribution is 6.32. The number of ether oxygens (including phenoxy) is 1. The van der Waals surface area contributed by atoms with E-state index in [9.17, 15) is 14.0 Å². The number of amides is 1. The van der Waals surface area contributed by atoms with E-state index >= 15 is 0 Å². The molecule has 3 aromatic rings.